The van der Waals surface area contributed by atoms with Gasteiger partial charge in [0.05, 0.1) is 18.1 Å². The van der Waals surface area contributed by atoms with Gasteiger partial charge in [-0.15, -0.1) is 0 Å². The Morgan fingerprint density at radius 3 is 2.25 bits per heavy atom. The van der Waals surface area contributed by atoms with E-state index in [2.05, 4.69) is 27.4 Å². The molecular formula is C16H15N3O. The van der Waals surface area contributed by atoms with Crippen LogP contribution in [0.1, 0.15) is 5.56 Å². The topological polar surface area (TPSA) is 47.0 Å². The monoisotopic (exact) mass is 265 g/mol. The minimum Gasteiger partial charge on any atom is -0.478 e. The number of ether oxygens (including phenoxy) is 1. The van der Waals surface area contributed by atoms with Crippen LogP contribution < -0.4 is 10.1 Å². The lowest BCUT2D eigenvalue weighted by Gasteiger charge is -2.10. The molecule has 0 radical (unpaired) electrons. The highest BCUT2D eigenvalue weighted by molar-refractivity contribution is 5.77. The first-order valence-corrected chi connectivity index (χ1v) is 6.45. The van der Waals surface area contributed by atoms with Gasteiger partial charge in [-0.3, -0.25) is 0 Å². The standard InChI is InChI=1S/C16H15N3O/c1-20-16-15(17-11-12-7-3-2-4-8-12)18-13-9-5-6-10-14(13)19-16/h2-10H,11H2,1H3,(H,17,18). The summed E-state index contributed by atoms with van der Waals surface area (Å²) < 4.78 is 5.31. The van der Waals surface area contributed by atoms with Crippen molar-refractivity contribution in [3.05, 3.63) is 60.2 Å². The van der Waals surface area contributed by atoms with Crippen molar-refractivity contribution in [3.63, 3.8) is 0 Å². The summed E-state index contributed by atoms with van der Waals surface area (Å²) in [6.07, 6.45) is 0. The number of hydrogen-bond donors (Lipinski definition) is 1. The summed E-state index contributed by atoms with van der Waals surface area (Å²) >= 11 is 0. The Morgan fingerprint density at radius 1 is 0.900 bits per heavy atom. The number of fused-ring (bicyclic) bond motifs is 1. The SMILES string of the molecule is COc1nc2ccccc2nc1NCc1ccccc1. The van der Waals surface area contributed by atoms with E-state index in [9.17, 15) is 0 Å². The molecule has 0 unspecified atom stereocenters. The quantitative estimate of drug-likeness (QED) is 0.786. The number of methoxy groups -OCH3 is 1. The Kier molecular flexibility index (Phi) is 3.46. The number of anilines is 1. The number of benzene rings is 2. The smallest absolute Gasteiger partial charge is 0.257 e. The number of nitrogens with zero attached hydrogens (tertiary/aromatic N) is 2. The van der Waals surface area contributed by atoms with E-state index >= 15 is 0 Å². The second kappa shape index (κ2) is 5.57. The Hall–Kier alpha value is -2.62. The first kappa shape index (κ1) is 12.4. The maximum Gasteiger partial charge on any atom is 0.257 e. The first-order chi connectivity index (χ1) is 9.86. The van der Waals surface area contributed by atoms with Crippen molar-refractivity contribution < 1.29 is 4.74 Å². The van der Waals surface area contributed by atoms with Gasteiger partial charge in [0.1, 0.15) is 0 Å². The van der Waals surface area contributed by atoms with Gasteiger partial charge in [0.2, 0.25) is 0 Å². The minimum atomic E-state index is 0.514. The maximum atomic E-state index is 5.31. The average molecular weight is 265 g/mol. The van der Waals surface area contributed by atoms with Gasteiger partial charge in [-0.2, -0.15) is 0 Å². The van der Waals surface area contributed by atoms with Gasteiger partial charge in [-0.05, 0) is 17.7 Å². The van der Waals surface area contributed by atoms with Crippen molar-refractivity contribution in [2.75, 3.05) is 12.4 Å². The average Bonchev–Trinajstić information content (AvgIpc) is 2.53. The number of hydrogen-bond acceptors (Lipinski definition) is 4. The predicted octanol–water partition coefficient (Wildman–Crippen LogP) is 3.25. The van der Waals surface area contributed by atoms with E-state index in [0.29, 0.717) is 18.2 Å². The number of nitrogens with one attached hydrogen (secondary N) is 1. The molecule has 1 heterocycles. The molecule has 1 N–H and O–H groups in total. The summed E-state index contributed by atoms with van der Waals surface area (Å²) in [5.41, 5.74) is 2.86. The van der Waals surface area contributed by atoms with E-state index in [1.807, 2.05) is 42.5 Å². The third-order valence-corrected chi connectivity index (χ3v) is 3.03. The summed E-state index contributed by atoms with van der Waals surface area (Å²) in [6.45, 7) is 0.685. The van der Waals surface area contributed by atoms with Crippen molar-refractivity contribution in [1.82, 2.24) is 9.97 Å². The van der Waals surface area contributed by atoms with Crippen LogP contribution in [0.2, 0.25) is 0 Å². The van der Waals surface area contributed by atoms with Crippen LogP contribution in [0.5, 0.6) is 5.88 Å². The molecular weight excluding hydrogens is 250 g/mol. The zero-order valence-corrected chi connectivity index (χ0v) is 11.2. The van der Waals surface area contributed by atoms with Gasteiger partial charge in [0.25, 0.3) is 5.88 Å². The molecule has 0 aliphatic carbocycles. The zero-order valence-electron chi connectivity index (χ0n) is 11.2. The molecule has 1 aromatic heterocycles. The van der Waals surface area contributed by atoms with E-state index in [1.165, 1.54) is 5.56 Å². The van der Waals surface area contributed by atoms with Crippen LogP contribution in [0.4, 0.5) is 5.82 Å². The van der Waals surface area contributed by atoms with Crippen LogP contribution in [-0.2, 0) is 6.54 Å². The van der Waals surface area contributed by atoms with Crippen molar-refractivity contribution in [2.24, 2.45) is 0 Å². The molecule has 0 spiro atoms. The third kappa shape index (κ3) is 2.54. The molecule has 0 aliphatic rings. The summed E-state index contributed by atoms with van der Waals surface area (Å²) in [7, 11) is 1.60. The third-order valence-electron chi connectivity index (χ3n) is 3.03. The largest absolute Gasteiger partial charge is 0.478 e. The van der Waals surface area contributed by atoms with Gasteiger partial charge < -0.3 is 10.1 Å². The molecule has 0 atom stereocenters. The van der Waals surface area contributed by atoms with E-state index in [1.54, 1.807) is 7.11 Å². The van der Waals surface area contributed by atoms with Crippen molar-refractivity contribution in [3.8, 4) is 5.88 Å². The van der Waals surface area contributed by atoms with Gasteiger partial charge in [-0.1, -0.05) is 42.5 Å². The van der Waals surface area contributed by atoms with Gasteiger partial charge >= 0.3 is 0 Å². The molecule has 0 bridgehead atoms. The summed E-state index contributed by atoms with van der Waals surface area (Å²) in [6, 6.07) is 17.9. The minimum absolute atomic E-state index is 0.514. The molecule has 4 heteroatoms. The van der Waals surface area contributed by atoms with Crippen LogP contribution in [0, 0.1) is 0 Å². The van der Waals surface area contributed by atoms with Crippen LogP contribution in [0.3, 0.4) is 0 Å². The number of rotatable bonds is 4. The molecule has 3 rings (SSSR count). The van der Waals surface area contributed by atoms with Crippen molar-refractivity contribution >= 4 is 16.9 Å². The number of aromatic nitrogens is 2. The van der Waals surface area contributed by atoms with Gasteiger partial charge in [-0.25, -0.2) is 9.97 Å². The molecule has 0 fully saturated rings. The van der Waals surface area contributed by atoms with E-state index in [0.717, 1.165) is 11.0 Å². The fourth-order valence-corrected chi connectivity index (χ4v) is 2.02. The van der Waals surface area contributed by atoms with E-state index in [-0.39, 0.29) is 0 Å². The summed E-state index contributed by atoms with van der Waals surface area (Å²) in [4.78, 5) is 9.02. The van der Waals surface area contributed by atoms with Crippen molar-refractivity contribution in [2.45, 2.75) is 6.54 Å². The molecule has 0 aliphatic heterocycles. The molecule has 20 heavy (non-hydrogen) atoms. The second-order valence-corrected chi connectivity index (χ2v) is 4.41. The Balaban J connectivity index is 1.90. The highest BCUT2D eigenvalue weighted by atomic mass is 16.5. The molecule has 4 nitrogen and oxygen atoms in total. The second-order valence-electron chi connectivity index (χ2n) is 4.41. The summed E-state index contributed by atoms with van der Waals surface area (Å²) in [5.74, 6) is 1.18. The highest BCUT2D eigenvalue weighted by Gasteiger charge is 2.08. The summed E-state index contributed by atoms with van der Waals surface area (Å²) in [5, 5.41) is 3.27. The lowest BCUT2D eigenvalue weighted by atomic mass is 10.2. The van der Waals surface area contributed by atoms with Gasteiger partial charge in [0, 0.05) is 6.54 Å². The molecule has 2 aromatic carbocycles. The van der Waals surface area contributed by atoms with Gasteiger partial charge in [0.15, 0.2) is 5.82 Å². The molecule has 0 amide bonds. The van der Waals surface area contributed by atoms with Crippen LogP contribution in [-0.4, -0.2) is 17.1 Å². The predicted molar refractivity (Wildman–Crippen MR) is 79.9 cm³/mol. The molecule has 0 saturated carbocycles. The van der Waals surface area contributed by atoms with Crippen LogP contribution in [0.25, 0.3) is 11.0 Å². The fourth-order valence-electron chi connectivity index (χ4n) is 2.02. The lowest BCUT2D eigenvalue weighted by molar-refractivity contribution is 0.400. The fraction of sp³-hybridized carbons (Fsp3) is 0.125. The zero-order chi connectivity index (χ0) is 13.8. The molecule has 3 aromatic rings. The Bertz CT molecular complexity index is 713. The van der Waals surface area contributed by atoms with E-state index in [4.69, 9.17) is 4.74 Å². The normalized spacial score (nSPS) is 10.4. The van der Waals surface area contributed by atoms with E-state index < -0.39 is 0 Å². The van der Waals surface area contributed by atoms with Crippen molar-refractivity contribution in [1.29, 1.82) is 0 Å². The maximum absolute atomic E-state index is 5.31. The molecule has 100 valence electrons. The Labute approximate surface area is 117 Å². The first-order valence-electron chi connectivity index (χ1n) is 6.45. The molecule has 0 saturated heterocycles. The van der Waals surface area contributed by atoms with Crippen LogP contribution >= 0.6 is 0 Å². The lowest BCUT2D eigenvalue weighted by Crippen LogP contribution is -2.05. The highest BCUT2D eigenvalue weighted by Crippen LogP contribution is 2.23. The van der Waals surface area contributed by atoms with Crippen LogP contribution in [0.15, 0.2) is 54.6 Å². The Morgan fingerprint density at radius 2 is 1.55 bits per heavy atom. The number of para-hydroxylation sites is 2.